The van der Waals surface area contributed by atoms with Gasteiger partial charge in [-0.2, -0.15) is 13.2 Å². The lowest BCUT2D eigenvalue weighted by Crippen LogP contribution is -2.29. The standard InChI is InChI=1S/C14H17F3O2/c1-9(2)13(19-3)12(18)8-10-4-6-11(7-5-10)14(15,16)17/h4-7,9,13H,8H2,1-3H3. The van der Waals surface area contributed by atoms with Crippen LogP contribution >= 0.6 is 0 Å². The number of carbonyl (C=O) groups is 1. The zero-order valence-corrected chi connectivity index (χ0v) is 11.1. The van der Waals surface area contributed by atoms with Crippen LogP contribution in [0.1, 0.15) is 25.0 Å². The predicted octanol–water partition coefficient (Wildman–Crippen LogP) is 3.49. The normalized spacial score (nSPS) is 13.6. The van der Waals surface area contributed by atoms with E-state index < -0.39 is 17.8 Å². The Morgan fingerprint density at radius 2 is 1.74 bits per heavy atom. The number of rotatable bonds is 5. The molecule has 0 aliphatic rings. The summed E-state index contributed by atoms with van der Waals surface area (Å²) >= 11 is 0. The number of ketones is 1. The van der Waals surface area contributed by atoms with Gasteiger partial charge in [0, 0.05) is 13.5 Å². The van der Waals surface area contributed by atoms with Gasteiger partial charge in [0.15, 0.2) is 5.78 Å². The van der Waals surface area contributed by atoms with Gasteiger partial charge >= 0.3 is 6.18 Å². The minimum atomic E-state index is -4.35. The SMILES string of the molecule is COC(C(=O)Cc1ccc(C(F)(F)F)cc1)C(C)C. The van der Waals surface area contributed by atoms with E-state index in [4.69, 9.17) is 4.74 Å². The fourth-order valence-electron chi connectivity index (χ4n) is 1.89. The Kier molecular flexibility index (Phi) is 5.11. The number of benzene rings is 1. The third-order valence-electron chi connectivity index (χ3n) is 2.84. The number of hydrogen-bond acceptors (Lipinski definition) is 2. The highest BCUT2D eigenvalue weighted by Gasteiger charge is 2.30. The van der Waals surface area contributed by atoms with Crippen molar-refractivity contribution in [2.24, 2.45) is 5.92 Å². The second-order valence-corrected chi connectivity index (χ2v) is 4.74. The fraction of sp³-hybridized carbons (Fsp3) is 0.500. The first-order chi connectivity index (χ1) is 8.75. The molecule has 1 aromatic rings. The summed E-state index contributed by atoms with van der Waals surface area (Å²) in [6.07, 6.45) is -4.80. The first-order valence-electron chi connectivity index (χ1n) is 5.97. The zero-order chi connectivity index (χ0) is 14.6. The summed E-state index contributed by atoms with van der Waals surface area (Å²) in [5, 5.41) is 0. The van der Waals surface area contributed by atoms with Gasteiger partial charge in [0.2, 0.25) is 0 Å². The van der Waals surface area contributed by atoms with E-state index in [1.807, 2.05) is 13.8 Å². The molecule has 0 aliphatic heterocycles. The molecule has 0 aromatic heterocycles. The summed E-state index contributed by atoms with van der Waals surface area (Å²) in [6, 6.07) is 4.63. The Bertz CT molecular complexity index is 421. The van der Waals surface area contributed by atoms with Crippen LogP contribution in [0.2, 0.25) is 0 Å². The van der Waals surface area contributed by atoms with Gasteiger partial charge in [0.25, 0.3) is 0 Å². The van der Waals surface area contributed by atoms with Crippen molar-refractivity contribution in [2.45, 2.75) is 32.5 Å². The summed E-state index contributed by atoms with van der Waals surface area (Å²) in [6.45, 7) is 3.72. The van der Waals surface area contributed by atoms with Crippen molar-refractivity contribution < 1.29 is 22.7 Å². The molecule has 0 fully saturated rings. The number of methoxy groups -OCH3 is 1. The summed E-state index contributed by atoms with van der Waals surface area (Å²) < 4.78 is 42.2. The van der Waals surface area contributed by atoms with Gasteiger partial charge in [0.05, 0.1) is 5.56 Å². The molecule has 0 aliphatic carbocycles. The number of alkyl halides is 3. The molecule has 0 saturated carbocycles. The van der Waals surface area contributed by atoms with Crippen molar-refractivity contribution in [3.63, 3.8) is 0 Å². The maximum atomic E-state index is 12.4. The zero-order valence-electron chi connectivity index (χ0n) is 11.1. The van der Waals surface area contributed by atoms with Crippen molar-refractivity contribution in [3.8, 4) is 0 Å². The molecule has 1 atom stereocenters. The van der Waals surface area contributed by atoms with Crippen LogP contribution in [0.25, 0.3) is 0 Å². The third kappa shape index (κ3) is 4.35. The molecule has 106 valence electrons. The van der Waals surface area contributed by atoms with Gasteiger partial charge in [-0.05, 0) is 23.6 Å². The summed E-state index contributed by atoms with van der Waals surface area (Å²) in [4.78, 5) is 11.9. The Balaban J connectivity index is 2.76. The van der Waals surface area contributed by atoms with E-state index in [1.165, 1.54) is 19.2 Å². The molecule has 0 amide bonds. The van der Waals surface area contributed by atoms with E-state index >= 15 is 0 Å². The highest BCUT2D eigenvalue weighted by atomic mass is 19.4. The van der Waals surface area contributed by atoms with Crippen LogP contribution in [0, 0.1) is 5.92 Å². The minimum Gasteiger partial charge on any atom is -0.373 e. The van der Waals surface area contributed by atoms with Crippen molar-refractivity contribution in [2.75, 3.05) is 7.11 Å². The van der Waals surface area contributed by atoms with E-state index in [2.05, 4.69) is 0 Å². The van der Waals surface area contributed by atoms with Crippen LogP contribution in [-0.2, 0) is 22.1 Å². The smallest absolute Gasteiger partial charge is 0.373 e. The number of halogens is 3. The van der Waals surface area contributed by atoms with Crippen LogP contribution in [0.15, 0.2) is 24.3 Å². The van der Waals surface area contributed by atoms with Gasteiger partial charge in [-0.25, -0.2) is 0 Å². The molecule has 0 heterocycles. The van der Waals surface area contributed by atoms with Crippen LogP contribution < -0.4 is 0 Å². The van der Waals surface area contributed by atoms with E-state index in [-0.39, 0.29) is 18.1 Å². The Morgan fingerprint density at radius 1 is 1.21 bits per heavy atom. The molecule has 2 nitrogen and oxygen atoms in total. The fourth-order valence-corrected chi connectivity index (χ4v) is 1.89. The molecule has 19 heavy (non-hydrogen) atoms. The van der Waals surface area contributed by atoms with E-state index in [0.29, 0.717) is 5.56 Å². The van der Waals surface area contributed by atoms with Gasteiger partial charge in [0.1, 0.15) is 6.10 Å². The second kappa shape index (κ2) is 6.19. The number of hydrogen-bond donors (Lipinski definition) is 0. The van der Waals surface area contributed by atoms with Gasteiger partial charge < -0.3 is 4.74 Å². The maximum absolute atomic E-state index is 12.4. The highest BCUT2D eigenvalue weighted by molar-refractivity contribution is 5.85. The highest BCUT2D eigenvalue weighted by Crippen LogP contribution is 2.29. The molecule has 0 saturated heterocycles. The molecule has 0 bridgehead atoms. The molecule has 0 spiro atoms. The molecular weight excluding hydrogens is 257 g/mol. The van der Waals surface area contributed by atoms with Crippen molar-refractivity contribution in [3.05, 3.63) is 35.4 Å². The molecule has 1 rings (SSSR count). The minimum absolute atomic E-state index is 0.0342. The molecular formula is C14H17F3O2. The quantitative estimate of drug-likeness (QED) is 0.821. The van der Waals surface area contributed by atoms with Gasteiger partial charge in [-0.1, -0.05) is 26.0 Å². The van der Waals surface area contributed by atoms with E-state index in [0.717, 1.165) is 12.1 Å². The molecule has 1 unspecified atom stereocenters. The molecule has 1 aromatic carbocycles. The number of ether oxygens (including phenoxy) is 1. The van der Waals surface area contributed by atoms with Crippen molar-refractivity contribution in [1.82, 2.24) is 0 Å². The second-order valence-electron chi connectivity index (χ2n) is 4.74. The van der Waals surface area contributed by atoms with E-state index in [9.17, 15) is 18.0 Å². The Labute approximate surface area is 110 Å². The first kappa shape index (κ1) is 15.7. The Hall–Kier alpha value is -1.36. The van der Waals surface area contributed by atoms with E-state index in [1.54, 1.807) is 0 Å². The lowest BCUT2D eigenvalue weighted by molar-refractivity contribution is -0.137. The molecule has 5 heteroatoms. The summed E-state index contributed by atoms with van der Waals surface area (Å²) in [7, 11) is 1.45. The third-order valence-corrected chi connectivity index (χ3v) is 2.84. The van der Waals surface area contributed by atoms with Crippen molar-refractivity contribution in [1.29, 1.82) is 0 Å². The monoisotopic (exact) mass is 274 g/mol. The number of Topliss-reactive ketones (excluding diaryl/α,β-unsaturated/α-hetero) is 1. The number of carbonyl (C=O) groups excluding carboxylic acids is 1. The van der Waals surface area contributed by atoms with Crippen LogP contribution in [0.3, 0.4) is 0 Å². The Morgan fingerprint density at radius 3 is 2.11 bits per heavy atom. The van der Waals surface area contributed by atoms with Crippen LogP contribution in [0.5, 0.6) is 0 Å². The predicted molar refractivity (Wildman–Crippen MR) is 65.8 cm³/mol. The maximum Gasteiger partial charge on any atom is 0.416 e. The van der Waals surface area contributed by atoms with Crippen molar-refractivity contribution >= 4 is 5.78 Å². The van der Waals surface area contributed by atoms with Crippen LogP contribution in [-0.4, -0.2) is 19.0 Å². The summed E-state index contributed by atoms with van der Waals surface area (Å²) in [5.41, 5.74) is -0.156. The van der Waals surface area contributed by atoms with Crippen LogP contribution in [0.4, 0.5) is 13.2 Å². The lowest BCUT2D eigenvalue weighted by atomic mass is 9.97. The molecule has 0 N–H and O–H groups in total. The average molecular weight is 274 g/mol. The van der Waals surface area contributed by atoms with Gasteiger partial charge in [-0.3, -0.25) is 4.79 Å². The lowest BCUT2D eigenvalue weighted by Gasteiger charge is -2.17. The van der Waals surface area contributed by atoms with Gasteiger partial charge in [-0.15, -0.1) is 0 Å². The first-order valence-corrected chi connectivity index (χ1v) is 5.97. The largest absolute Gasteiger partial charge is 0.416 e. The average Bonchev–Trinajstić information content (AvgIpc) is 2.28. The molecule has 0 radical (unpaired) electrons. The summed E-state index contributed by atoms with van der Waals surface area (Å²) in [5.74, 6) is -0.0933. The topological polar surface area (TPSA) is 26.3 Å².